The van der Waals surface area contributed by atoms with Crippen LogP contribution in [0.15, 0.2) is 49.9 Å². The van der Waals surface area contributed by atoms with Gasteiger partial charge in [-0.1, -0.05) is 24.2 Å². The highest BCUT2D eigenvalue weighted by Gasteiger charge is 1.84. The lowest BCUT2D eigenvalue weighted by molar-refractivity contribution is 1.14. The van der Waals surface area contributed by atoms with Gasteiger partial charge in [-0.2, -0.15) is 0 Å². The minimum absolute atomic E-state index is 0.0401. The Morgan fingerprint density at radius 1 is 0.786 bits per heavy atom. The molecule has 0 aromatic carbocycles. The van der Waals surface area contributed by atoms with Crippen LogP contribution in [0.2, 0.25) is 12.1 Å². The summed E-state index contributed by atoms with van der Waals surface area (Å²) in [6.45, 7) is 14.4. The van der Waals surface area contributed by atoms with E-state index in [4.69, 9.17) is 0 Å². The maximum atomic E-state index is 3.68. The lowest BCUT2D eigenvalue weighted by Crippen LogP contribution is -1.85. The van der Waals surface area contributed by atoms with Crippen molar-refractivity contribution in [2.75, 3.05) is 0 Å². The summed E-state index contributed by atoms with van der Waals surface area (Å²) in [5.41, 5.74) is 3.90. The minimum atomic E-state index is -0.0401. The molecule has 0 fully saturated rings. The summed E-state index contributed by atoms with van der Waals surface area (Å²) in [6, 6.07) is 2.86. The Morgan fingerprint density at radius 2 is 1.21 bits per heavy atom. The molecule has 0 aliphatic carbocycles. The highest BCUT2D eigenvalue weighted by molar-refractivity contribution is 6.47. The average Bonchev–Trinajstić information content (AvgIpc) is 2.20. The van der Waals surface area contributed by atoms with Crippen LogP contribution in [0.25, 0.3) is 0 Å². The van der Waals surface area contributed by atoms with Gasteiger partial charge in [0.05, 0.1) is 9.52 Å². The van der Waals surface area contributed by atoms with Gasteiger partial charge in [0.2, 0.25) is 0 Å². The molecule has 0 saturated heterocycles. The van der Waals surface area contributed by atoms with E-state index in [1.165, 1.54) is 24.9 Å². The van der Waals surface area contributed by atoms with Crippen LogP contribution in [0, 0.1) is 0 Å². The molecular weight excluding hydrogens is 200 g/mol. The van der Waals surface area contributed by atoms with Crippen molar-refractivity contribution < 1.29 is 0 Å². The largest absolute Gasteiger partial charge is 0.107 e. The first-order valence-electron chi connectivity index (χ1n) is 5.27. The molecule has 2 heteroatoms. The van der Waals surface area contributed by atoms with Gasteiger partial charge in [-0.3, -0.25) is 0 Å². The predicted molar refractivity (Wildman–Crippen MR) is 76.7 cm³/mol. The Kier molecular flexibility index (Phi) is 20.6. The van der Waals surface area contributed by atoms with E-state index in [0.717, 1.165) is 0 Å². The first-order valence-corrected chi connectivity index (χ1v) is 8.90. The summed E-state index contributed by atoms with van der Waals surface area (Å²) in [5.74, 6) is 0. The van der Waals surface area contributed by atoms with Crippen LogP contribution in [-0.2, 0) is 0 Å². The molecule has 14 heavy (non-hydrogen) atoms. The molecule has 0 rings (SSSR count). The number of rotatable bonds is 8. The van der Waals surface area contributed by atoms with E-state index in [1.54, 1.807) is 0 Å². The van der Waals surface area contributed by atoms with Gasteiger partial charge in [-0.15, -0.1) is 37.7 Å². The molecule has 80 valence electrons. The Balaban J connectivity index is 0. The zero-order valence-electron chi connectivity index (χ0n) is 9.38. The summed E-state index contributed by atoms with van der Waals surface area (Å²) in [5, 5.41) is 0. The van der Waals surface area contributed by atoms with Gasteiger partial charge < -0.3 is 0 Å². The van der Waals surface area contributed by atoms with E-state index in [0.29, 0.717) is 0 Å². The fourth-order valence-electron chi connectivity index (χ4n) is 0.872. The third-order valence-electron chi connectivity index (χ3n) is 1.65. The van der Waals surface area contributed by atoms with Crippen molar-refractivity contribution in [3.8, 4) is 0 Å². The van der Waals surface area contributed by atoms with E-state index >= 15 is 0 Å². The fraction of sp³-hybridized carbons (Fsp3) is 0.333. The third kappa shape index (κ3) is 22.5. The molecule has 0 saturated carbocycles. The molecule has 0 aliphatic heterocycles. The van der Waals surface area contributed by atoms with Gasteiger partial charge in [0.25, 0.3) is 0 Å². The minimum Gasteiger partial charge on any atom is -0.107 e. The van der Waals surface area contributed by atoms with Crippen LogP contribution in [0.4, 0.5) is 0 Å². The molecule has 0 N–H and O–H groups in total. The van der Waals surface area contributed by atoms with E-state index in [-0.39, 0.29) is 19.0 Å². The highest BCUT2D eigenvalue weighted by atomic mass is 28.2. The summed E-state index contributed by atoms with van der Waals surface area (Å²) in [7, 11) is 0.207. The van der Waals surface area contributed by atoms with Crippen molar-refractivity contribution in [2.24, 2.45) is 0 Å². The summed E-state index contributed by atoms with van der Waals surface area (Å²) in [4.78, 5) is 0. The van der Waals surface area contributed by atoms with Crippen LogP contribution in [0.5, 0.6) is 0 Å². The quantitative estimate of drug-likeness (QED) is 0.338. The molecule has 0 radical (unpaired) electrons. The molecule has 0 amide bonds. The van der Waals surface area contributed by atoms with Crippen LogP contribution in [-0.4, -0.2) is 19.0 Å². The maximum Gasteiger partial charge on any atom is 0.0676 e. The van der Waals surface area contributed by atoms with E-state index in [2.05, 4.69) is 26.3 Å². The molecular formula is C12H24Si2. The van der Waals surface area contributed by atoms with E-state index < -0.39 is 0 Å². The number of hydrogen-bond donors (Lipinski definition) is 0. The van der Waals surface area contributed by atoms with Crippen molar-refractivity contribution in [3.05, 3.63) is 49.9 Å². The number of allylic oxidation sites excluding steroid dienone is 2. The lowest BCUT2D eigenvalue weighted by atomic mass is 10.5. The average molecular weight is 224 g/mol. The second-order valence-electron chi connectivity index (χ2n) is 3.03. The first-order chi connectivity index (χ1) is 6.83. The molecule has 0 aromatic heterocycles. The van der Waals surface area contributed by atoms with Crippen molar-refractivity contribution >= 4 is 19.0 Å². The fourth-order valence-corrected chi connectivity index (χ4v) is 2.62. The van der Waals surface area contributed by atoms with Gasteiger partial charge >= 0.3 is 0 Å². The predicted octanol–water partition coefficient (Wildman–Crippen LogP) is 2.59. The molecule has 0 aromatic rings. The van der Waals surface area contributed by atoms with Crippen molar-refractivity contribution in [1.82, 2.24) is 0 Å². The second-order valence-corrected chi connectivity index (χ2v) is 6.78. The normalized spacial score (nSPS) is 8.00. The Labute approximate surface area is 94.1 Å². The Hall–Kier alpha value is -0.606. The maximum absolute atomic E-state index is 3.68. The van der Waals surface area contributed by atoms with Crippen molar-refractivity contribution in [2.45, 2.75) is 24.9 Å². The van der Waals surface area contributed by atoms with E-state index in [9.17, 15) is 0 Å². The molecule has 0 aliphatic rings. The van der Waals surface area contributed by atoms with Gasteiger partial charge in [0, 0.05) is 9.52 Å². The number of hydrogen-bond acceptors (Lipinski definition) is 0. The zero-order chi connectivity index (χ0) is 11.1. The van der Waals surface area contributed by atoms with Crippen molar-refractivity contribution in [1.29, 1.82) is 0 Å². The van der Waals surface area contributed by atoms with Gasteiger partial charge in [-0.25, -0.2) is 0 Å². The summed E-state index contributed by atoms with van der Waals surface area (Å²) < 4.78 is 0. The van der Waals surface area contributed by atoms with Gasteiger partial charge in [0.15, 0.2) is 0 Å². The zero-order valence-corrected chi connectivity index (χ0v) is 12.2. The molecule has 0 spiro atoms. The second kappa shape index (κ2) is 18.2. The standard InChI is InChI=1S/C8H16Si.C4H8Si/c1-3-5-7-9-8-6-4-2;1-3-5-4-2/h3-4H,1-2,5-9H2;3-4H,1-2,5H2. The van der Waals surface area contributed by atoms with Crippen LogP contribution < -0.4 is 0 Å². The van der Waals surface area contributed by atoms with E-state index in [1.807, 2.05) is 23.6 Å². The molecule has 0 unspecified atom stereocenters. The Morgan fingerprint density at radius 3 is 1.43 bits per heavy atom. The first kappa shape index (κ1) is 15.8. The summed E-state index contributed by atoms with van der Waals surface area (Å²) in [6.07, 6.45) is 6.48. The molecule has 0 atom stereocenters. The van der Waals surface area contributed by atoms with Gasteiger partial charge in [-0.05, 0) is 12.8 Å². The van der Waals surface area contributed by atoms with Crippen LogP contribution in [0.3, 0.4) is 0 Å². The van der Waals surface area contributed by atoms with Crippen molar-refractivity contribution in [3.63, 3.8) is 0 Å². The topological polar surface area (TPSA) is 0 Å². The molecule has 0 nitrogen and oxygen atoms in total. The van der Waals surface area contributed by atoms with Crippen LogP contribution in [0.1, 0.15) is 12.8 Å². The highest BCUT2D eigenvalue weighted by Crippen LogP contribution is 1.95. The summed E-state index contributed by atoms with van der Waals surface area (Å²) >= 11 is 0. The SMILES string of the molecule is C=CCC[SiH2]CCC=C.C=C[SiH2]C=C. The lowest BCUT2D eigenvalue weighted by Gasteiger charge is -1.91. The Bertz CT molecular complexity index is 134. The third-order valence-corrected chi connectivity index (χ3v) is 4.13. The monoisotopic (exact) mass is 224 g/mol. The molecule has 0 bridgehead atoms. The van der Waals surface area contributed by atoms with Gasteiger partial charge in [0.1, 0.15) is 0 Å². The molecule has 0 heterocycles. The smallest absolute Gasteiger partial charge is 0.0676 e. The van der Waals surface area contributed by atoms with Crippen LogP contribution >= 0.6 is 0 Å².